The van der Waals surface area contributed by atoms with Gasteiger partial charge in [-0.3, -0.25) is 10.1 Å². The van der Waals surface area contributed by atoms with E-state index >= 15 is 0 Å². The van der Waals surface area contributed by atoms with Gasteiger partial charge in [0.05, 0.1) is 11.6 Å². The Hall–Kier alpha value is -1.51. The summed E-state index contributed by atoms with van der Waals surface area (Å²) >= 11 is 1.96. The molecular formula is C17H23N3OS. The zero-order valence-electron chi connectivity index (χ0n) is 12.9. The highest BCUT2D eigenvalue weighted by atomic mass is 32.2. The van der Waals surface area contributed by atoms with Gasteiger partial charge in [0.25, 0.3) is 0 Å². The van der Waals surface area contributed by atoms with E-state index in [9.17, 15) is 4.79 Å². The minimum absolute atomic E-state index is 0.312. The van der Waals surface area contributed by atoms with Gasteiger partial charge in [-0.15, -0.1) is 0 Å². The molecule has 1 fully saturated rings. The molecule has 0 bridgehead atoms. The largest absolute Gasteiger partial charge is 0.368 e. The maximum Gasteiger partial charge on any atom is 0.239 e. The summed E-state index contributed by atoms with van der Waals surface area (Å²) < 4.78 is 0. The van der Waals surface area contributed by atoms with Crippen LogP contribution in [0.15, 0.2) is 24.3 Å². The van der Waals surface area contributed by atoms with E-state index in [2.05, 4.69) is 18.3 Å². The molecule has 1 aromatic rings. The van der Waals surface area contributed by atoms with Crippen LogP contribution in [-0.2, 0) is 4.79 Å². The molecule has 0 saturated heterocycles. The van der Waals surface area contributed by atoms with Crippen molar-refractivity contribution in [1.82, 2.24) is 5.32 Å². The van der Waals surface area contributed by atoms with E-state index in [1.165, 1.54) is 19.3 Å². The van der Waals surface area contributed by atoms with Crippen molar-refractivity contribution in [2.45, 2.75) is 49.9 Å². The van der Waals surface area contributed by atoms with E-state index in [1.54, 1.807) is 12.1 Å². The molecule has 22 heavy (non-hydrogen) atoms. The van der Waals surface area contributed by atoms with E-state index in [1.807, 2.05) is 23.9 Å². The summed E-state index contributed by atoms with van der Waals surface area (Å²) in [5, 5.41) is 12.9. The van der Waals surface area contributed by atoms with Crippen molar-refractivity contribution in [2.75, 3.05) is 5.75 Å². The second kappa shape index (κ2) is 8.21. The molecular weight excluding hydrogens is 294 g/mol. The second-order valence-corrected chi connectivity index (χ2v) is 7.14. The van der Waals surface area contributed by atoms with E-state index in [0.717, 1.165) is 17.7 Å². The topological polar surface area (TPSA) is 78.9 Å². The van der Waals surface area contributed by atoms with Gasteiger partial charge in [0.1, 0.15) is 6.04 Å². The number of thioether (sulfide) groups is 1. The summed E-state index contributed by atoms with van der Waals surface area (Å²) in [6.07, 6.45) is 4.72. The maximum atomic E-state index is 11.9. The Balaban J connectivity index is 2.13. The Morgan fingerprint density at radius 3 is 2.68 bits per heavy atom. The molecule has 1 aromatic carbocycles. The van der Waals surface area contributed by atoms with Gasteiger partial charge in [0, 0.05) is 11.3 Å². The van der Waals surface area contributed by atoms with Gasteiger partial charge in [-0.2, -0.15) is 17.0 Å². The first-order chi connectivity index (χ1) is 10.7. The van der Waals surface area contributed by atoms with Gasteiger partial charge >= 0.3 is 0 Å². The minimum atomic E-state index is -0.490. The highest BCUT2D eigenvalue weighted by Crippen LogP contribution is 2.30. The lowest BCUT2D eigenvalue weighted by molar-refractivity contribution is -0.120. The molecule has 1 saturated carbocycles. The van der Waals surface area contributed by atoms with Crippen LogP contribution in [-0.4, -0.2) is 23.0 Å². The fourth-order valence-electron chi connectivity index (χ4n) is 3.01. The van der Waals surface area contributed by atoms with Crippen LogP contribution in [0.4, 0.5) is 0 Å². The lowest BCUT2D eigenvalue weighted by Crippen LogP contribution is -2.46. The zero-order chi connectivity index (χ0) is 15.9. The summed E-state index contributed by atoms with van der Waals surface area (Å²) in [6.45, 7) is 2.17. The van der Waals surface area contributed by atoms with E-state index in [-0.39, 0.29) is 5.91 Å². The number of nitrogens with zero attached hydrogens (tertiary/aromatic N) is 1. The van der Waals surface area contributed by atoms with E-state index in [0.29, 0.717) is 16.9 Å². The Kier molecular flexibility index (Phi) is 6.29. The normalized spacial score (nSPS) is 22.7. The smallest absolute Gasteiger partial charge is 0.239 e. The molecule has 1 aliphatic rings. The molecule has 0 aliphatic heterocycles. The fourth-order valence-corrected chi connectivity index (χ4v) is 4.22. The van der Waals surface area contributed by atoms with Crippen molar-refractivity contribution < 1.29 is 4.79 Å². The van der Waals surface area contributed by atoms with Gasteiger partial charge in [0.15, 0.2) is 0 Å². The molecule has 1 amide bonds. The number of carbonyl (C=O) groups is 1. The molecule has 0 radical (unpaired) electrons. The molecule has 118 valence electrons. The van der Waals surface area contributed by atoms with Crippen molar-refractivity contribution in [1.29, 1.82) is 5.26 Å². The Bertz CT molecular complexity index is 536. The summed E-state index contributed by atoms with van der Waals surface area (Å²) in [6, 6.07) is 8.99. The second-order valence-electron chi connectivity index (χ2n) is 5.62. The van der Waals surface area contributed by atoms with Crippen LogP contribution in [0.5, 0.6) is 0 Å². The summed E-state index contributed by atoms with van der Waals surface area (Å²) in [7, 11) is 0. The number of nitriles is 1. The summed E-state index contributed by atoms with van der Waals surface area (Å²) in [5.41, 5.74) is 7.02. The molecule has 3 N–H and O–H groups in total. The third-order valence-electron chi connectivity index (χ3n) is 4.12. The first-order valence-corrected chi connectivity index (χ1v) is 8.87. The van der Waals surface area contributed by atoms with Crippen molar-refractivity contribution in [2.24, 2.45) is 5.73 Å². The van der Waals surface area contributed by atoms with Gasteiger partial charge in [-0.25, -0.2) is 0 Å². The Morgan fingerprint density at radius 1 is 1.41 bits per heavy atom. The number of nitrogens with one attached hydrogen (secondary N) is 1. The van der Waals surface area contributed by atoms with Gasteiger partial charge in [0.2, 0.25) is 5.91 Å². The minimum Gasteiger partial charge on any atom is -0.368 e. The molecule has 3 atom stereocenters. The highest BCUT2D eigenvalue weighted by molar-refractivity contribution is 7.99. The number of primary amides is 1. The molecule has 4 nitrogen and oxygen atoms in total. The highest BCUT2D eigenvalue weighted by Gasteiger charge is 2.29. The quantitative estimate of drug-likeness (QED) is 0.845. The number of rotatable bonds is 6. The average Bonchev–Trinajstić information content (AvgIpc) is 2.54. The van der Waals surface area contributed by atoms with Crippen molar-refractivity contribution in [3.05, 3.63) is 35.4 Å². The monoisotopic (exact) mass is 317 g/mol. The van der Waals surface area contributed by atoms with Crippen LogP contribution in [0.2, 0.25) is 0 Å². The average molecular weight is 317 g/mol. The van der Waals surface area contributed by atoms with E-state index < -0.39 is 6.04 Å². The van der Waals surface area contributed by atoms with Gasteiger partial charge in [-0.05, 0) is 36.3 Å². The number of hydrogen-bond acceptors (Lipinski definition) is 4. The predicted molar refractivity (Wildman–Crippen MR) is 90.4 cm³/mol. The number of carbonyl (C=O) groups excluding carboxylic acids is 1. The maximum absolute atomic E-state index is 11.9. The van der Waals surface area contributed by atoms with Crippen LogP contribution >= 0.6 is 11.8 Å². The third kappa shape index (κ3) is 4.25. The number of amides is 1. The Labute approximate surface area is 136 Å². The fraction of sp³-hybridized carbons (Fsp3) is 0.529. The number of nitrogens with two attached hydrogens (primary N) is 1. The third-order valence-corrected chi connectivity index (χ3v) is 5.45. The standard InChI is InChI=1S/C17H23N3OS/c1-2-22-15-6-4-3-5-14(15)20-16(17(19)21)13-9-7-12(11-18)8-10-13/h7-10,14-16,20H,2-6H2,1H3,(H2,19,21)/t14-,15-,16+/m1/s1. The van der Waals surface area contributed by atoms with Gasteiger partial charge < -0.3 is 5.73 Å². The molecule has 0 heterocycles. The molecule has 0 aromatic heterocycles. The van der Waals surface area contributed by atoms with Crippen molar-refractivity contribution in [3.8, 4) is 6.07 Å². The molecule has 1 aliphatic carbocycles. The number of benzene rings is 1. The molecule has 0 spiro atoms. The van der Waals surface area contributed by atoms with Crippen LogP contribution in [0, 0.1) is 11.3 Å². The summed E-state index contributed by atoms with van der Waals surface area (Å²) in [4.78, 5) is 11.9. The lowest BCUT2D eigenvalue weighted by Gasteiger charge is -2.34. The molecule has 5 heteroatoms. The van der Waals surface area contributed by atoms with Crippen LogP contribution in [0.25, 0.3) is 0 Å². The van der Waals surface area contributed by atoms with Crippen LogP contribution in [0.3, 0.4) is 0 Å². The Morgan fingerprint density at radius 2 is 2.09 bits per heavy atom. The lowest BCUT2D eigenvalue weighted by atomic mass is 9.93. The first kappa shape index (κ1) is 16.9. The van der Waals surface area contributed by atoms with Crippen molar-refractivity contribution >= 4 is 17.7 Å². The first-order valence-electron chi connectivity index (χ1n) is 7.82. The van der Waals surface area contributed by atoms with E-state index in [4.69, 9.17) is 11.0 Å². The van der Waals surface area contributed by atoms with Crippen LogP contribution in [0.1, 0.15) is 49.8 Å². The molecule has 2 rings (SSSR count). The molecule has 0 unspecified atom stereocenters. The zero-order valence-corrected chi connectivity index (χ0v) is 13.7. The SMILES string of the molecule is CCS[C@@H]1CCCC[C@H]1N[C@H](C(N)=O)c1ccc(C#N)cc1. The summed E-state index contributed by atoms with van der Waals surface area (Å²) in [5.74, 6) is 0.719. The number of hydrogen-bond donors (Lipinski definition) is 2. The predicted octanol–water partition coefficient (Wildman–Crippen LogP) is 2.74. The van der Waals surface area contributed by atoms with Gasteiger partial charge in [-0.1, -0.05) is 31.9 Å². The van der Waals surface area contributed by atoms with Crippen LogP contribution < -0.4 is 11.1 Å². The van der Waals surface area contributed by atoms with Crippen molar-refractivity contribution in [3.63, 3.8) is 0 Å².